The summed E-state index contributed by atoms with van der Waals surface area (Å²) in [6.07, 6.45) is 3.67. The van der Waals surface area contributed by atoms with Crippen molar-refractivity contribution in [2.24, 2.45) is 0 Å². The standard InChI is InChI=1S/C14H11FN2O3/c15-12-7-10(3-4-14(19)20)6-11(8-12)9-17-13(18)2-1-5-16-17/h1-8H,9H2,(H,19,20). The van der Waals surface area contributed by atoms with E-state index in [0.29, 0.717) is 11.1 Å². The van der Waals surface area contributed by atoms with Crippen molar-refractivity contribution in [3.05, 3.63) is 69.9 Å². The van der Waals surface area contributed by atoms with Gasteiger partial charge >= 0.3 is 5.97 Å². The Morgan fingerprint density at radius 2 is 2.20 bits per heavy atom. The number of hydrogen-bond acceptors (Lipinski definition) is 3. The Hall–Kier alpha value is -2.76. The molecule has 2 aromatic rings. The molecule has 1 N–H and O–H groups in total. The molecule has 1 aromatic carbocycles. The van der Waals surface area contributed by atoms with Gasteiger partial charge in [0.15, 0.2) is 0 Å². The monoisotopic (exact) mass is 274 g/mol. The van der Waals surface area contributed by atoms with Crippen LogP contribution in [0.3, 0.4) is 0 Å². The fourth-order valence-electron chi connectivity index (χ4n) is 1.71. The van der Waals surface area contributed by atoms with Crippen molar-refractivity contribution in [2.45, 2.75) is 6.54 Å². The smallest absolute Gasteiger partial charge is 0.328 e. The average Bonchev–Trinajstić information content (AvgIpc) is 2.38. The van der Waals surface area contributed by atoms with E-state index in [9.17, 15) is 14.0 Å². The number of hydrogen-bond donors (Lipinski definition) is 1. The molecule has 2 rings (SSSR count). The first-order valence-electron chi connectivity index (χ1n) is 5.77. The molecule has 0 aliphatic rings. The molecule has 6 heteroatoms. The van der Waals surface area contributed by atoms with Gasteiger partial charge in [0, 0.05) is 18.3 Å². The zero-order valence-electron chi connectivity index (χ0n) is 10.4. The Morgan fingerprint density at radius 3 is 2.90 bits per heavy atom. The summed E-state index contributed by atoms with van der Waals surface area (Å²) >= 11 is 0. The van der Waals surface area contributed by atoms with Crippen molar-refractivity contribution < 1.29 is 14.3 Å². The maximum Gasteiger partial charge on any atom is 0.328 e. The molecule has 0 atom stereocenters. The lowest BCUT2D eigenvalue weighted by Crippen LogP contribution is -2.21. The van der Waals surface area contributed by atoms with Crippen LogP contribution in [-0.4, -0.2) is 20.9 Å². The van der Waals surface area contributed by atoms with Gasteiger partial charge in [-0.3, -0.25) is 4.79 Å². The van der Waals surface area contributed by atoms with E-state index in [1.165, 1.54) is 41.2 Å². The maximum atomic E-state index is 13.5. The second kappa shape index (κ2) is 5.92. The molecule has 0 unspecified atom stereocenters. The summed E-state index contributed by atoms with van der Waals surface area (Å²) in [4.78, 5) is 22.0. The van der Waals surface area contributed by atoms with Crippen molar-refractivity contribution >= 4 is 12.0 Å². The van der Waals surface area contributed by atoms with Gasteiger partial charge in [0.05, 0.1) is 6.54 Å². The summed E-state index contributed by atoms with van der Waals surface area (Å²) in [6, 6.07) is 6.97. The average molecular weight is 274 g/mol. The fraction of sp³-hybridized carbons (Fsp3) is 0.0714. The third-order valence-electron chi connectivity index (χ3n) is 2.52. The molecule has 0 aliphatic heterocycles. The van der Waals surface area contributed by atoms with Crippen LogP contribution in [0, 0.1) is 5.82 Å². The highest BCUT2D eigenvalue weighted by molar-refractivity contribution is 5.85. The van der Waals surface area contributed by atoms with Gasteiger partial charge in [0.25, 0.3) is 5.56 Å². The number of halogens is 1. The van der Waals surface area contributed by atoms with Crippen LogP contribution < -0.4 is 5.56 Å². The van der Waals surface area contributed by atoms with E-state index < -0.39 is 11.8 Å². The quantitative estimate of drug-likeness (QED) is 0.858. The van der Waals surface area contributed by atoms with Gasteiger partial charge in [0.1, 0.15) is 5.82 Å². The molecule has 20 heavy (non-hydrogen) atoms. The third-order valence-corrected chi connectivity index (χ3v) is 2.52. The van der Waals surface area contributed by atoms with Gasteiger partial charge in [-0.05, 0) is 41.5 Å². The summed E-state index contributed by atoms with van der Waals surface area (Å²) in [7, 11) is 0. The molecular weight excluding hydrogens is 263 g/mol. The van der Waals surface area contributed by atoms with E-state index in [4.69, 9.17) is 5.11 Å². The van der Waals surface area contributed by atoms with Gasteiger partial charge in [-0.2, -0.15) is 5.10 Å². The second-order valence-corrected chi connectivity index (χ2v) is 4.08. The van der Waals surface area contributed by atoms with Crippen LogP contribution in [0.25, 0.3) is 6.08 Å². The molecule has 0 fully saturated rings. The number of aromatic nitrogens is 2. The fourth-order valence-corrected chi connectivity index (χ4v) is 1.71. The zero-order valence-corrected chi connectivity index (χ0v) is 10.4. The molecule has 0 aliphatic carbocycles. The minimum absolute atomic E-state index is 0.116. The molecule has 5 nitrogen and oxygen atoms in total. The number of benzene rings is 1. The highest BCUT2D eigenvalue weighted by Crippen LogP contribution is 2.11. The number of carbonyl (C=O) groups is 1. The van der Waals surface area contributed by atoms with E-state index in [1.807, 2.05) is 0 Å². The maximum absolute atomic E-state index is 13.5. The normalized spacial score (nSPS) is 10.8. The van der Waals surface area contributed by atoms with Crippen LogP contribution in [0.15, 0.2) is 47.4 Å². The summed E-state index contributed by atoms with van der Waals surface area (Å²) in [6.45, 7) is 0.116. The zero-order chi connectivity index (χ0) is 14.5. The van der Waals surface area contributed by atoms with Crippen LogP contribution >= 0.6 is 0 Å². The minimum atomic E-state index is -1.11. The number of carboxylic acids is 1. The lowest BCUT2D eigenvalue weighted by atomic mass is 10.1. The van der Waals surface area contributed by atoms with E-state index in [1.54, 1.807) is 6.07 Å². The van der Waals surface area contributed by atoms with E-state index in [2.05, 4.69) is 5.10 Å². The van der Waals surface area contributed by atoms with Crippen LogP contribution in [0.5, 0.6) is 0 Å². The Morgan fingerprint density at radius 1 is 1.40 bits per heavy atom. The van der Waals surface area contributed by atoms with Crippen LogP contribution in [-0.2, 0) is 11.3 Å². The Labute approximate surface area is 113 Å². The van der Waals surface area contributed by atoms with Crippen LogP contribution in [0.4, 0.5) is 4.39 Å². The molecule has 1 heterocycles. The Balaban J connectivity index is 2.31. The summed E-state index contributed by atoms with van der Waals surface area (Å²) in [5.74, 6) is -1.62. The number of carboxylic acid groups (broad SMARTS) is 1. The first kappa shape index (κ1) is 13.7. The summed E-state index contributed by atoms with van der Waals surface area (Å²) in [5, 5.41) is 12.4. The van der Waals surface area contributed by atoms with Gasteiger partial charge < -0.3 is 5.11 Å². The van der Waals surface area contributed by atoms with E-state index in [-0.39, 0.29) is 12.1 Å². The first-order chi connectivity index (χ1) is 9.54. The predicted octanol–water partition coefficient (Wildman–Crippen LogP) is 1.53. The highest BCUT2D eigenvalue weighted by atomic mass is 19.1. The van der Waals surface area contributed by atoms with Crippen LogP contribution in [0.2, 0.25) is 0 Å². The summed E-state index contributed by atoms with van der Waals surface area (Å²) < 4.78 is 14.7. The van der Waals surface area contributed by atoms with Crippen LogP contribution in [0.1, 0.15) is 11.1 Å². The molecule has 0 spiro atoms. The molecule has 0 radical (unpaired) electrons. The largest absolute Gasteiger partial charge is 0.478 e. The number of nitrogens with zero attached hydrogens (tertiary/aromatic N) is 2. The van der Waals surface area contributed by atoms with Gasteiger partial charge in [-0.1, -0.05) is 0 Å². The van der Waals surface area contributed by atoms with Crippen molar-refractivity contribution in [1.29, 1.82) is 0 Å². The van der Waals surface area contributed by atoms with Gasteiger partial charge in [-0.15, -0.1) is 0 Å². The Kier molecular flexibility index (Phi) is 4.05. The molecule has 0 amide bonds. The molecule has 0 saturated heterocycles. The first-order valence-corrected chi connectivity index (χ1v) is 5.77. The van der Waals surface area contributed by atoms with E-state index >= 15 is 0 Å². The molecule has 0 bridgehead atoms. The molecule has 1 aromatic heterocycles. The van der Waals surface area contributed by atoms with Crippen molar-refractivity contribution in [2.75, 3.05) is 0 Å². The van der Waals surface area contributed by atoms with E-state index in [0.717, 1.165) is 6.08 Å². The number of aliphatic carboxylic acids is 1. The third kappa shape index (κ3) is 3.61. The molecular formula is C14H11FN2O3. The molecule has 102 valence electrons. The van der Waals surface area contributed by atoms with Gasteiger partial charge in [-0.25, -0.2) is 13.9 Å². The van der Waals surface area contributed by atoms with Crippen molar-refractivity contribution in [3.63, 3.8) is 0 Å². The topological polar surface area (TPSA) is 72.2 Å². The second-order valence-electron chi connectivity index (χ2n) is 4.08. The Bertz CT molecular complexity index is 722. The number of rotatable bonds is 4. The lowest BCUT2D eigenvalue weighted by Gasteiger charge is -2.05. The van der Waals surface area contributed by atoms with Crippen molar-refractivity contribution in [1.82, 2.24) is 9.78 Å². The van der Waals surface area contributed by atoms with Gasteiger partial charge in [0.2, 0.25) is 0 Å². The SMILES string of the molecule is O=C(O)C=Cc1cc(F)cc(Cn2ncccc2=O)c1. The summed E-state index contributed by atoms with van der Waals surface area (Å²) in [5.41, 5.74) is 0.640. The van der Waals surface area contributed by atoms with Crippen molar-refractivity contribution in [3.8, 4) is 0 Å². The lowest BCUT2D eigenvalue weighted by molar-refractivity contribution is -0.131. The predicted molar refractivity (Wildman–Crippen MR) is 70.7 cm³/mol. The minimum Gasteiger partial charge on any atom is -0.478 e. The highest BCUT2D eigenvalue weighted by Gasteiger charge is 2.02. The molecule has 0 saturated carbocycles.